The number of halogens is 5. The van der Waals surface area contributed by atoms with Crippen LogP contribution in [-0.2, 0) is 6.54 Å². The van der Waals surface area contributed by atoms with Crippen molar-refractivity contribution in [2.24, 2.45) is 0 Å². The number of hydrogen-bond donors (Lipinski definition) is 3. The lowest BCUT2D eigenvalue weighted by Gasteiger charge is -2.32. The summed E-state index contributed by atoms with van der Waals surface area (Å²) in [5, 5.41) is 8.71. The van der Waals surface area contributed by atoms with Crippen LogP contribution in [0.1, 0.15) is 41.6 Å². The number of thioether (sulfide) groups is 1. The molecule has 0 unspecified atom stereocenters. The van der Waals surface area contributed by atoms with Gasteiger partial charge in [0.15, 0.2) is 0 Å². The molecule has 14 heteroatoms. The number of anilines is 1. The molecular weight excluding hydrogens is 567 g/mol. The molecule has 0 radical (unpaired) electrons. The first kappa shape index (κ1) is 32.2. The molecule has 0 bridgehead atoms. The smallest absolute Gasteiger partial charge is 0.447 e. The standard InChI is InChI=1S/C27H33F5N6O2S/c1-4-12-38-24(16-35-19-9-13-37(14-10-19)17-23(28)29)36-20(26(38)41-27(30,31)32)6-5-11-34-21-15-18(25(39)33-2)7-8-22(21)40-3/h4,7-8,12,15,19,23,34-35H,9-11,13-14,16-17H2,1-3H3,(H,33,39)/b12-4-. The molecule has 0 aliphatic carbocycles. The van der Waals surface area contributed by atoms with E-state index in [1.54, 1.807) is 36.1 Å². The summed E-state index contributed by atoms with van der Waals surface area (Å²) in [6.07, 6.45) is 2.01. The third-order valence-electron chi connectivity index (χ3n) is 6.25. The van der Waals surface area contributed by atoms with E-state index in [4.69, 9.17) is 4.74 Å². The summed E-state index contributed by atoms with van der Waals surface area (Å²) in [6.45, 7) is 2.68. The number of amides is 1. The lowest BCUT2D eigenvalue weighted by molar-refractivity contribution is -0.0330. The van der Waals surface area contributed by atoms with Gasteiger partial charge in [0.2, 0.25) is 0 Å². The van der Waals surface area contributed by atoms with Crippen LogP contribution in [0, 0.1) is 11.8 Å². The number of methoxy groups -OCH3 is 1. The first-order valence-corrected chi connectivity index (χ1v) is 13.7. The number of allylic oxidation sites excluding steroid dienone is 1. The van der Waals surface area contributed by atoms with E-state index in [0.29, 0.717) is 48.8 Å². The molecule has 2 aromatic rings. The number of nitrogens with one attached hydrogen (secondary N) is 3. The van der Waals surface area contributed by atoms with Gasteiger partial charge in [-0.2, -0.15) is 13.2 Å². The third-order valence-corrected chi connectivity index (χ3v) is 7.06. The summed E-state index contributed by atoms with van der Waals surface area (Å²) in [6, 6.07) is 4.84. The minimum atomic E-state index is -4.57. The predicted octanol–water partition coefficient (Wildman–Crippen LogP) is 4.64. The number of benzene rings is 1. The summed E-state index contributed by atoms with van der Waals surface area (Å²) in [5.74, 6) is 6.10. The number of imidazole rings is 1. The molecule has 1 aromatic carbocycles. The van der Waals surface area contributed by atoms with Crippen molar-refractivity contribution in [3.63, 3.8) is 0 Å². The quantitative estimate of drug-likeness (QED) is 0.197. The Bertz CT molecular complexity index is 1260. The molecule has 3 rings (SSSR count). The van der Waals surface area contributed by atoms with Crippen LogP contribution < -0.4 is 20.7 Å². The molecular formula is C27H33F5N6O2S. The molecule has 1 aliphatic rings. The van der Waals surface area contributed by atoms with Crippen molar-refractivity contribution in [3.05, 3.63) is 41.4 Å². The third kappa shape index (κ3) is 9.65. The van der Waals surface area contributed by atoms with Crippen molar-refractivity contribution in [1.29, 1.82) is 0 Å². The number of ether oxygens (including phenoxy) is 1. The zero-order valence-electron chi connectivity index (χ0n) is 22.9. The van der Waals surface area contributed by atoms with Gasteiger partial charge in [-0.1, -0.05) is 12.0 Å². The van der Waals surface area contributed by atoms with Gasteiger partial charge < -0.3 is 20.7 Å². The molecule has 1 fully saturated rings. The highest BCUT2D eigenvalue weighted by atomic mass is 32.2. The van der Waals surface area contributed by atoms with Crippen LogP contribution in [0.3, 0.4) is 0 Å². The average Bonchev–Trinajstić information content (AvgIpc) is 3.24. The first-order chi connectivity index (χ1) is 19.5. The van der Waals surface area contributed by atoms with E-state index >= 15 is 0 Å². The fraction of sp³-hybridized carbons (Fsp3) is 0.481. The molecule has 8 nitrogen and oxygen atoms in total. The Morgan fingerprint density at radius 3 is 2.63 bits per heavy atom. The average molecular weight is 601 g/mol. The van der Waals surface area contributed by atoms with Gasteiger partial charge in [0.05, 0.1) is 32.4 Å². The van der Waals surface area contributed by atoms with E-state index in [1.807, 2.05) is 0 Å². The highest BCUT2D eigenvalue weighted by Crippen LogP contribution is 2.39. The number of aromatic nitrogens is 2. The summed E-state index contributed by atoms with van der Waals surface area (Å²) in [7, 11) is 2.99. The largest absolute Gasteiger partial charge is 0.495 e. The predicted molar refractivity (Wildman–Crippen MR) is 149 cm³/mol. The monoisotopic (exact) mass is 600 g/mol. The van der Waals surface area contributed by atoms with Gasteiger partial charge >= 0.3 is 5.51 Å². The number of likely N-dealkylation sites (tertiary alicyclic amines) is 1. The number of hydrogen-bond acceptors (Lipinski definition) is 7. The van der Waals surface area contributed by atoms with Crippen LogP contribution in [0.15, 0.2) is 29.3 Å². The Morgan fingerprint density at radius 1 is 1.29 bits per heavy atom. The van der Waals surface area contributed by atoms with Crippen LogP contribution in [0.2, 0.25) is 0 Å². The van der Waals surface area contributed by atoms with Gasteiger partial charge in [0.1, 0.15) is 22.3 Å². The summed E-state index contributed by atoms with van der Waals surface area (Å²) in [5.41, 5.74) is -3.70. The molecule has 3 N–H and O–H groups in total. The molecule has 2 heterocycles. The van der Waals surface area contributed by atoms with Gasteiger partial charge in [-0.05, 0) is 57.0 Å². The maximum atomic E-state index is 13.5. The second-order valence-electron chi connectivity index (χ2n) is 9.08. The van der Waals surface area contributed by atoms with Crippen LogP contribution in [0.25, 0.3) is 6.20 Å². The lowest BCUT2D eigenvalue weighted by atomic mass is 10.1. The van der Waals surface area contributed by atoms with E-state index in [0.717, 1.165) is 0 Å². The van der Waals surface area contributed by atoms with Crippen molar-refractivity contribution >= 4 is 29.6 Å². The van der Waals surface area contributed by atoms with E-state index < -0.39 is 11.9 Å². The minimum absolute atomic E-state index is 0.0256. The van der Waals surface area contributed by atoms with E-state index in [9.17, 15) is 26.7 Å². The van der Waals surface area contributed by atoms with E-state index in [-0.39, 0.29) is 54.1 Å². The van der Waals surface area contributed by atoms with Crippen LogP contribution in [0.5, 0.6) is 5.75 Å². The minimum Gasteiger partial charge on any atom is -0.495 e. The molecule has 1 aromatic heterocycles. The zero-order chi connectivity index (χ0) is 30.0. The summed E-state index contributed by atoms with van der Waals surface area (Å²) < 4.78 is 72.5. The maximum Gasteiger partial charge on any atom is 0.447 e. The first-order valence-electron chi connectivity index (χ1n) is 12.9. The molecule has 1 saturated heterocycles. The Balaban J connectivity index is 1.78. The second-order valence-corrected chi connectivity index (χ2v) is 10.1. The molecule has 1 amide bonds. The molecule has 0 saturated carbocycles. The van der Waals surface area contributed by atoms with E-state index in [1.165, 1.54) is 24.9 Å². The Hall–Kier alpha value is -3.28. The molecule has 41 heavy (non-hydrogen) atoms. The number of carbonyl (C=O) groups is 1. The van der Waals surface area contributed by atoms with Crippen LogP contribution in [0.4, 0.5) is 27.6 Å². The number of nitrogens with zero attached hydrogens (tertiary/aromatic N) is 3. The number of alkyl halides is 5. The van der Waals surface area contributed by atoms with Crippen LogP contribution >= 0.6 is 11.8 Å². The van der Waals surface area contributed by atoms with Crippen molar-refractivity contribution in [3.8, 4) is 17.6 Å². The maximum absolute atomic E-state index is 13.5. The highest BCUT2D eigenvalue weighted by Gasteiger charge is 2.33. The van der Waals surface area contributed by atoms with Gasteiger partial charge in [-0.3, -0.25) is 14.3 Å². The van der Waals surface area contributed by atoms with Crippen molar-refractivity contribution in [1.82, 2.24) is 25.1 Å². The molecule has 1 aliphatic heterocycles. The SMILES string of the molecule is C/C=C\n1c(CNC2CCN(CC(F)F)CC2)nc(C#CCNc2cc(C(=O)NC)ccc2OC)c1SC(F)(F)F. The van der Waals surface area contributed by atoms with Gasteiger partial charge in [-0.15, -0.1) is 0 Å². The van der Waals surface area contributed by atoms with Gasteiger partial charge in [-0.25, -0.2) is 13.8 Å². The fourth-order valence-electron chi connectivity index (χ4n) is 4.33. The second kappa shape index (κ2) is 15.1. The number of carbonyl (C=O) groups excluding carboxylic acids is 1. The van der Waals surface area contributed by atoms with Crippen molar-refractivity contribution in [2.45, 2.75) is 49.3 Å². The fourth-order valence-corrected chi connectivity index (χ4v) is 5.00. The Labute approximate surface area is 240 Å². The Morgan fingerprint density at radius 2 is 2.02 bits per heavy atom. The molecule has 224 valence electrons. The van der Waals surface area contributed by atoms with Crippen LogP contribution in [-0.4, -0.2) is 78.7 Å². The number of rotatable bonds is 11. The molecule has 0 atom stereocenters. The molecule has 0 spiro atoms. The van der Waals surface area contributed by atoms with Crippen molar-refractivity contribution in [2.75, 3.05) is 45.7 Å². The normalized spacial score (nSPS) is 14.8. The van der Waals surface area contributed by atoms with Crippen molar-refractivity contribution < 1.29 is 31.5 Å². The van der Waals surface area contributed by atoms with E-state index in [2.05, 4.69) is 32.8 Å². The highest BCUT2D eigenvalue weighted by molar-refractivity contribution is 8.00. The summed E-state index contributed by atoms with van der Waals surface area (Å²) in [4.78, 5) is 18.1. The Kier molecular flexibility index (Phi) is 11.9. The lowest BCUT2D eigenvalue weighted by Crippen LogP contribution is -2.43. The topological polar surface area (TPSA) is 83.5 Å². The number of piperidine rings is 1. The van der Waals surface area contributed by atoms with Gasteiger partial charge in [0.25, 0.3) is 12.3 Å². The summed E-state index contributed by atoms with van der Waals surface area (Å²) >= 11 is -0.293. The van der Waals surface area contributed by atoms with Gasteiger partial charge in [0, 0.05) is 36.6 Å². The zero-order valence-corrected chi connectivity index (χ0v) is 23.8.